The molecule has 0 aliphatic heterocycles. The van der Waals surface area contributed by atoms with Crippen molar-refractivity contribution in [2.45, 2.75) is 26.2 Å². The van der Waals surface area contributed by atoms with Gasteiger partial charge in [0.25, 0.3) is 0 Å². The summed E-state index contributed by atoms with van der Waals surface area (Å²) in [5.74, 6) is 0.170. The maximum atomic E-state index is 10.7. The van der Waals surface area contributed by atoms with Crippen LogP contribution in [0.25, 0.3) is 0 Å². The van der Waals surface area contributed by atoms with Crippen LogP contribution in [0.4, 0.5) is 0 Å². The van der Waals surface area contributed by atoms with Gasteiger partial charge in [-0.2, -0.15) is 0 Å². The van der Waals surface area contributed by atoms with Crippen LogP contribution in [0.15, 0.2) is 12.7 Å². The van der Waals surface area contributed by atoms with Gasteiger partial charge >= 0.3 is 0 Å². The minimum Gasteiger partial charge on any atom is -0.374 e. The molecule has 0 amide bonds. The SMILES string of the molecule is C=CCCCOCC(=O)CC. The average Bonchev–Trinajstić information content (AvgIpc) is 2.04. The van der Waals surface area contributed by atoms with E-state index in [-0.39, 0.29) is 12.4 Å². The lowest BCUT2D eigenvalue weighted by molar-refractivity contribution is -0.123. The van der Waals surface area contributed by atoms with Crippen molar-refractivity contribution in [3.8, 4) is 0 Å². The van der Waals surface area contributed by atoms with E-state index in [1.54, 1.807) is 0 Å². The van der Waals surface area contributed by atoms with Crippen LogP contribution in [0.3, 0.4) is 0 Å². The van der Waals surface area contributed by atoms with E-state index in [1.165, 1.54) is 0 Å². The molecule has 0 spiro atoms. The van der Waals surface area contributed by atoms with Crippen LogP contribution in [0, 0.1) is 0 Å². The van der Waals surface area contributed by atoms with Crippen molar-refractivity contribution in [3.05, 3.63) is 12.7 Å². The maximum Gasteiger partial charge on any atom is 0.158 e. The lowest BCUT2D eigenvalue weighted by atomic mass is 10.3. The van der Waals surface area contributed by atoms with E-state index >= 15 is 0 Å². The molecule has 0 aliphatic carbocycles. The van der Waals surface area contributed by atoms with Gasteiger partial charge in [-0.1, -0.05) is 13.0 Å². The van der Waals surface area contributed by atoms with E-state index in [0.717, 1.165) is 12.8 Å². The van der Waals surface area contributed by atoms with E-state index in [1.807, 2.05) is 13.0 Å². The fraction of sp³-hybridized carbons (Fsp3) is 0.667. The molecule has 2 heteroatoms. The Kier molecular flexibility index (Phi) is 7.05. The van der Waals surface area contributed by atoms with Crippen LogP contribution < -0.4 is 0 Å². The highest BCUT2D eigenvalue weighted by Crippen LogP contribution is 1.91. The highest BCUT2D eigenvalue weighted by atomic mass is 16.5. The van der Waals surface area contributed by atoms with Crippen molar-refractivity contribution in [3.63, 3.8) is 0 Å². The molecular weight excluding hydrogens is 140 g/mol. The Morgan fingerprint density at radius 1 is 1.64 bits per heavy atom. The van der Waals surface area contributed by atoms with Crippen molar-refractivity contribution < 1.29 is 9.53 Å². The number of ether oxygens (including phenoxy) is 1. The third kappa shape index (κ3) is 7.26. The number of Topliss-reactive ketones (excluding diaryl/α,β-unsaturated/α-hetero) is 1. The Hall–Kier alpha value is -0.630. The molecule has 11 heavy (non-hydrogen) atoms. The molecule has 0 radical (unpaired) electrons. The highest BCUT2D eigenvalue weighted by Gasteiger charge is 1.95. The van der Waals surface area contributed by atoms with Crippen LogP contribution in [0.1, 0.15) is 26.2 Å². The Morgan fingerprint density at radius 2 is 2.36 bits per heavy atom. The van der Waals surface area contributed by atoms with Crippen LogP contribution >= 0.6 is 0 Å². The summed E-state index contributed by atoms with van der Waals surface area (Å²) in [5.41, 5.74) is 0. The zero-order valence-corrected chi connectivity index (χ0v) is 7.14. The third-order valence-electron chi connectivity index (χ3n) is 1.35. The predicted molar refractivity (Wildman–Crippen MR) is 45.5 cm³/mol. The number of hydrogen-bond donors (Lipinski definition) is 0. The zero-order chi connectivity index (χ0) is 8.53. The standard InChI is InChI=1S/C9H16O2/c1-3-5-6-7-11-8-9(10)4-2/h3H,1,4-8H2,2H3. The van der Waals surface area contributed by atoms with E-state index in [0.29, 0.717) is 13.0 Å². The molecule has 0 bridgehead atoms. The third-order valence-corrected chi connectivity index (χ3v) is 1.35. The number of carbonyl (C=O) groups excluding carboxylic acids is 1. The molecule has 64 valence electrons. The Morgan fingerprint density at radius 3 is 2.91 bits per heavy atom. The first-order chi connectivity index (χ1) is 5.31. The number of carbonyl (C=O) groups is 1. The minimum absolute atomic E-state index is 0.170. The summed E-state index contributed by atoms with van der Waals surface area (Å²) in [6.45, 7) is 6.37. The number of rotatable bonds is 7. The molecule has 0 aromatic carbocycles. The summed E-state index contributed by atoms with van der Waals surface area (Å²) in [7, 11) is 0. The molecule has 0 rings (SSSR count). The fourth-order valence-electron chi connectivity index (χ4n) is 0.618. The molecule has 0 unspecified atom stereocenters. The molecule has 0 N–H and O–H groups in total. The van der Waals surface area contributed by atoms with Crippen molar-refractivity contribution >= 4 is 5.78 Å². The Labute approximate surface area is 68.2 Å². The lowest BCUT2D eigenvalue weighted by Crippen LogP contribution is -2.07. The smallest absolute Gasteiger partial charge is 0.158 e. The van der Waals surface area contributed by atoms with Crippen LogP contribution in [-0.2, 0) is 9.53 Å². The van der Waals surface area contributed by atoms with E-state index < -0.39 is 0 Å². The average molecular weight is 156 g/mol. The number of hydrogen-bond acceptors (Lipinski definition) is 2. The number of allylic oxidation sites excluding steroid dienone is 1. The van der Waals surface area contributed by atoms with Gasteiger partial charge in [-0.25, -0.2) is 0 Å². The fourth-order valence-corrected chi connectivity index (χ4v) is 0.618. The normalized spacial score (nSPS) is 9.55. The van der Waals surface area contributed by atoms with Crippen molar-refractivity contribution in [1.29, 1.82) is 0 Å². The van der Waals surface area contributed by atoms with Gasteiger partial charge < -0.3 is 4.74 Å². The predicted octanol–water partition coefficient (Wildman–Crippen LogP) is 1.95. The second-order valence-electron chi connectivity index (χ2n) is 2.38. The summed E-state index contributed by atoms with van der Waals surface area (Å²) in [4.78, 5) is 10.7. The molecule has 2 nitrogen and oxygen atoms in total. The van der Waals surface area contributed by atoms with E-state index in [4.69, 9.17) is 4.74 Å². The maximum absolute atomic E-state index is 10.7. The van der Waals surface area contributed by atoms with Crippen molar-refractivity contribution in [2.75, 3.05) is 13.2 Å². The van der Waals surface area contributed by atoms with Gasteiger partial charge in [0, 0.05) is 13.0 Å². The van der Waals surface area contributed by atoms with Gasteiger partial charge in [0.1, 0.15) is 6.61 Å². The van der Waals surface area contributed by atoms with Gasteiger partial charge in [0.2, 0.25) is 0 Å². The highest BCUT2D eigenvalue weighted by molar-refractivity contribution is 5.79. The van der Waals surface area contributed by atoms with Gasteiger partial charge in [0.05, 0.1) is 0 Å². The van der Waals surface area contributed by atoms with Crippen molar-refractivity contribution in [2.24, 2.45) is 0 Å². The van der Waals surface area contributed by atoms with E-state index in [9.17, 15) is 4.79 Å². The summed E-state index contributed by atoms with van der Waals surface area (Å²) in [5, 5.41) is 0. The summed E-state index contributed by atoms with van der Waals surface area (Å²) < 4.78 is 5.09. The van der Waals surface area contributed by atoms with Crippen LogP contribution in [0.5, 0.6) is 0 Å². The topological polar surface area (TPSA) is 26.3 Å². The molecule has 0 aromatic rings. The summed E-state index contributed by atoms with van der Waals surface area (Å²) >= 11 is 0. The molecular formula is C9H16O2. The first-order valence-electron chi connectivity index (χ1n) is 4.01. The zero-order valence-electron chi connectivity index (χ0n) is 7.14. The lowest BCUT2D eigenvalue weighted by Gasteiger charge is -1.99. The second-order valence-corrected chi connectivity index (χ2v) is 2.38. The summed E-state index contributed by atoms with van der Waals surface area (Å²) in [6.07, 6.45) is 4.34. The number of unbranched alkanes of at least 4 members (excludes halogenated alkanes) is 1. The minimum atomic E-state index is 0.170. The van der Waals surface area contributed by atoms with E-state index in [2.05, 4.69) is 6.58 Å². The van der Waals surface area contributed by atoms with Crippen LogP contribution in [0.2, 0.25) is 0 Å². The quantitative estimate of drug-likeness (QED) is 0.416. The number of ketones is 1. The molecule has 0 aromatic heterocycles. The molecule has 0 atom stereocenters. The second kappa shape index (κ2) is 7.48. The summed E-state index contributed by atoms with van der Waals surface area (Å²) in [6, 6.07) is 0. The first-order valence-corrected chi connectivity index (χ1v) is 4.01. The molecule has 0 heterocycles. The monoisotopic (exact) mass is 156 g/mol. The van der Waals surface area contributed by atoms with Crippen LogP contribution in [-0.4, -0.2) is 19.0 Å². The van der Waals surface area contributed by atoms with Gasteiger partial charge in [-0.05, 0) is 12.8 Å². The Bertz CT molecular complexity index is 119. The molecule has 0 fully saturated rings. The largest absolute Gasteiger partial charge is 0.374 e. The molecule has 0 saturated heterocycles. The van der Waals surface area contributed by atoms with Gasteiger partial charge in [-0.15, -0.1) is 6.58 Å². The van der Waals surface area contributed by atoms with Gasteiger partial charge in [-0.3, -0.25) is 4.79 Å². The Balaban J connectivity index is 3.01. The first kappa shape index (κ1) is 10.4. The van der Waals surface area contributed by atoms with Gasteiger partial charge in [0.15, 0.2) is 5.78 Å². The molecule has 0 aliphatic rings. The van der Waals surface area contributed by atoms with Crippen molar-refractivity contribution in [1.82, 2.24) is 0 Å². The molecule has 0 saturated carbocycles.